The molecule has 0 unspecified atom stereocenters. The van der Waals surface area contributed by atoms with Gasteiger partial charge in [-0.25, -0.2) is 0 Å². The summed E-state index contributed by atoms with van der Waals surface area (Å²) in [5.74, 6) is -0.126. The number of anilines is 1. The van der Waals surface area contributed by atoms with Gasteiger partial charge in [0.05, 0.1) is 5.41 Å². The van der Waals surface area contributed by atoms with Crippen LogP contribution in [0.4, 0.5) is 5.69 Å². The Labute approximate surface area is 118 Å². The molecular weight excluding hydrogens is 264 g/mol. The number of hydrogen-bond acceptors (Lipinski definition) is 2. The molecule has 0 bridgehead atoms. The van der Waals surface area contributed by atoms with Crippen LogP contribution >= 0.6 is 11.6 Å². The predicted octanol–water partition coefficient (Wildman–Crippen LogP) is 2.56. The van der Waals surface area contributed by atoms with Crippen molar-refractivity contribution in [2.24, 2.45) is 5.41 Å². The number of benzene rings is 1. The molecule has 0 radical (unpaired) electrons. The van der Waals surface area contributed by atoms with E-state index < -0.39 is 5.41 Å². The number of hydrogen-bond donors (Lipinski definition) is 2. The number of halogens is 1. The van der Waals surface area contributed by atoms with Crippen molar-refractivity contribution in [3.8, 4) is 0 Å². The van der Waals surface area contributed by atoms with Gasteiger partial charge in [0, 0.05) is 24.2 Å². The molecule has 0 atom stereocenters. The van der Waals surface area contributed by atoms with E-state index in [2.05, 4.69) is 10.6 Å². The summed E-state index contributed by atoms with van der Waals surface area (Å²) >= 11 is 5.77. The average molecular weight is 283 g/mol. The van der Waals surface area contributed by atoms with Gasteiger partial charge in [0.2, 0.25) is 5.91 Å². The van der Waals surface area contributed by atoms with E-state index in [9.17, 15) is 9.59 Å². The second kappa shape index (κ2) is 6.06. The summed E-state index contributed by atoms with van der Waals surface area (Å²) < 4.78 is 0. The van der Waals surface area contributed by atoms with Gasteiger partial charge >= 0.3 is 0 Å². The lowest BCUT2D eigenvalue weighted by Crippen LogP contribution is -2.32. The first-order valence-corrected chi connectivity index (χ1v) is 6.55. The van der Waals surface area contributed by atoms with Crippen molar-refractivity contribution >= 4 is 29.1 Å². The van der Waals surface area contributed by atoms with E-state index in [1.165, 1.54) is 0 Å². The van der Waals surface area contributed by atoms with Crippen molar-refractivity contribution in [1.82, 2.24) is 5.32 Å². The number of carbonyl (C=O) groups excluding carboxylic acids is 2. The van der Waals surface area contributed by atoms with Gasteiger partial charge in [-0.15, -0.1) is 11.6 Å². The zero-order valence-corrected chi connectivity index (χ0v) is 12.4. The molecule has 104 valence electrons. The van der Waals surface area contributed by atoms with Gasteiger partial charge in [0.25, 0.3) is 5.91 Å². The normalized spacial score (nSPS) is 11.0. The molecular formula is C14H19ClN2O2. The van der Waals surface area contributed by atoms with Crippen LogP contribution in [0.2, 0.25) is 0 Å². The van der Waals surface area contributed by atoms with E-state index in [0.717, 1.165) is 5.56 Å². The largest absolute Gasteiger partial charge is 0.355 e. The van der Waals surface area contributed by atoms with Gasteiger partial charge in [0.1, 0.15) is 0 Å². The molecule has 0 fully saturated rings. The fourth-order valence-electron chi connectivity index (χ4n) is 1.39. The first-order valence-electron chi connectivity index (χ1n) is 6.02. The Morgan fingerprint density at radius 1 is 1.32 bits per heavy atom. The third kappa shape index (κ3) is 3.70. The Balaban J connectivity index is 3.01. The second-order valence-corrected chi connectivity index (χ2v) is 5.35. The molecule has 0 aliphatic carbocycles. The molecule has 0 spiro atoms. The second-order valence-electron chi connectivity index (χ2n) is 5.08. The average Bonchev–Trinajstić information content (AvgIpc) is 2.40. The van der Waals surface area contributed by atoms with Crippen LogP contribution < -0.4 is 10.6 Å². The highest BCUT2D eigenvalue weighted by Gasteiger charge is 2.26. The molecule has 1 aromatic rings. The van der Waals surface area contributed by atoms with Crippen molar-refractivity contribution in [2.45, 2.75) is 20.8 Å². The zero-order chi connectivity index (χ0) is 14.6. The molecule has 1 rings (SSSR count). The summed E-state index contributed by atoms with van der Waals surface area (Å²) in [6, 6.07) is 5.18. The smallest absolute Gasteiger partial charge is 0.251 e. The number of aryl methyl sites for hydroxylation is 1. The Kier molecular flexibility index (Phi) is 4.95. The minimum atomic E-state index is -0.656. The molecule has 4 nitrogen and oxygen atoms in total. The molecule has 0 heterocycles. The number of carbonyl (C=O) groups is 2. The van der Waals surface area contributed by atoms with Gasteiger partial charge in [-0.05, 0) is 38.5 Å². The van der Waals surface area contributed by atoms with Crippen molar-refractivity contribution < 1.29 is 9.59 Å². The fraction of sp³-hybridized carbons (Fsp3) is 0.429. The number of amides is 2. The van der Waals surface area contributed by atoms with E-state index in [1.807, 2.05) is 6.92 Å². The SMILES string of the molecule is CNC(=O)c1ccc(C)c(NC(=O)C(C)(C)CCl)c1. The van der Waals surface area contributed by atoms with Gasteiger partial charge in [0.15, 0.2) is 0 Å². The third-order valence-electron chi connectivity index (χ3n) is 2.92. The minimum absolute atomic E-state index is 0.167. The standard InChI is InChI=1S/C14H19ClN2O2/c1-9-5-6-10(12(18)16-4)7-11(9)17-13(19)14(2,3)8-15/h5-7H,8H2,1-4H3,(H,16,18)(H,17,19). The topological polar surface area (TPSA) is 58.2 Å². The summed E-state index contributed by atoms with van der Waals surface area (Å²) in [5.41, 5.74) is 1.37. The van der Waals surface area contributed by atoms with Gasteiger partial charge in [-0.2, -0.15) is 0 Å². The maximum Gasteiger partial charge on any atom is 0.251 e. The third-order valence-corrected chi connectivity index (χ3v) is 3.59. The summed E-state index contributed by atoms with van der Waals surface area (Å²) in [7, 11) is 1.57. The summed E-state index contributed by atoms with van der Waals surface area (Å²) in [6.45, 7) is 5.41. The van der Waals surface area contributed by atoms with Crippen LogP contribution in [-0.4, -0.2) is 24.7 Å². The van der Waals surface area contributed by atoms with Crippen molar-refractivity contribution in [1.29, 1.82) is 0 Å². The Bertz CT molecular complexity index is 498. The number of rotatable bonds is 4. The summed E-state index contributed by atoms with van der Waals surface area (Å²) in [6.07, 6.45) is 0. The maximum absolute atomic E-state index is 12.1. The lowest BCUT2D eigenvalue weighted by molar-refractivity contribution is -0.122. The molecule has 0 saturated carbocycles. The highest BCUT2D eigenvalue weighted by molar-refractivity contribution is 6.20. The van der Waals surface area contributed by atoms with E-state index in [4.69, 9.17) is 11.6 Å². The molecule has 5 heteroatoms. The fourth-order valence-corrected chi connectivity index (χ4v) is 1.52. The molecule has 0 saturated heterocycles. The Morgan fingerprint density at radius 2 is 1.95 bits per heavy atom. The van der Waals surface area contributed by atoms with E-state index in [0.29, 0.717) is 11.3 Å². The predicted molar refractivity (Wildman–Crippen MR) is 77.7 cm³/mol. The monoisotopic (exact) mass is 282 g/mol. The number of nitrogens with one attached hydrogen (secondary N) is 2. The van der Waals surface area contributed by atoms with Gasteiger partial charge < -0.3 is 10.6 Å². The number of alkyl halides is 1. The van der Waals surface area contributed by atoms with Crippen LogP contribution in [0.15, 0.2) is 18.2 Å². The van der Waals surface area contributed by atoms with Crippen LogP contribution in [0.25, 0.3) is 0 Å². The van der Waals surface area contributed by atoms with Crippen LogP contribution in [0, 0.1) is 12.3 Å². The molecule has 0 aliphatic heterocycles. The van der Waals surface area contributed by atoms with Crippen molar-refractivity contribution in [3.63, 3.8) is 0 Å². The first-order chi connectivity index (χ1) is 8.81. The van der Waals surface area contributed by atoms with Crippen LogP contribution in [0.3, 0.4) is 0 Å². The van der Waals surface area contributed by atoms with Crippen LogP contribution in [-0.2, 0) is 4.79 Å². The molecule has 19 heavy (non-hydrogen) atoms. The lowest BCUT2D eigenvalue weighted by atomic mass is 9.95. The quantitative estimate of drug-likeness (QED) is 0.834. The lowest BCUT2D eigenvalue weighted by Gasteiger charge is -2.21. The molecule has 0 aromatic heterocycles. The Hall–Kier alpha value is -1.55. The van der Waals surface area contributed by atoms with E-state index in [-0.39, 0.29) is 17.7 Å². The van der Waals surface area contributed by atoms with E-state index >= 15 is 0 Å². The highest BCUT2D eigenvalue weighted by Crippen LogP contribution is 2.23. The minimum Gasteiger partial charge on any atom is -0.355 e. The van der Waals surface area contributed by atoms with Gasteiger partial charge in [-0.3, -0.25) is 9.59 Å². The molecule has 1 aromatic carbocycles. The van der Waals surface area contributed by atoms with Crippen molar-refractivity contribution in [3.05, 3.63) is 29.3 Å². The molecule has 0 aliphatic rings. The molecule has 2 amide bonds. The van der Waals surface area contributed by atoms with E-state index in [1.54, 1.807) is 39.1 Å². The van der Waals surface area contributed by atoms with Crippen LogP contribution in [0.5, 0.6) is 0 Å². The highest BCUT2D eigenvalue weighted by atomic mass is 35.5. The van der Waals surface area contributed by atoms with Gasteiger partial charge in [-0.1, -0.05) is 6.07 Å². The first kappa shape index (κ1) is 15.5. The van der Waals surface area contributed by atoms with Crippen molar-refractivity contribution in [2.75, 3.05) is 18.2 Å². The maximum atomic E-state index is 12.1. The van der Waals surface area contributed by atoms with Crippen LogP contribution in [0.1, 0.15) is 29.8 Å². The Morgan fingerprint density at radius 3 is 2.47 bits per heavy atom. The zero-order valence-electron chi connectivity index (χ0n) is 11.6. The summed E-state index contributed by atoms with van der Waals surface area (Å²) in [4.78, 5) is 23.6. The summed E-state index contributed by atoms with van der Waals surface area (Å²) in [5, 5.41) is 5.37. The molecule has 2 N–H and O–H groups in total.